The fraction of sp³-hybridized carbons (Fsp3) is 0.429. The first-order valence-corrected chi connectivity index (χ1v) is 6.33. The van der Waals surface area contributed by atoms with Gasteiger partial charge in [-0.15, -0.1) is 11.6 Å². The van der Waals surface area contributed by atoms with E-state index in [0.717, 1.165) is 31.3 Å². The Morgan fingerprint density at radius 2 is 2.18 bits per heavy atom. The third-order valence-electron chi connectivity index (χ3n) is 3.09. The minimum absolute atomic E-state index is 0.0121. The van der Waals surface area contributed by atoms with E-state index < -0.39 is 0 Å². The number of benzene rings is 1. The first-order valence-electron chi connectivity index (χ1n) is 5.90. The van der Waals surface area contributed by atoms with Gasteiger partial charge in [-0.3, -0.25) is 0 Å². The summed E-state index contributed by atoms with van der Waals surface area (Å²) in [4.78, 5) is 0. The van der Waals surface area contributed by atoms with E-state index in [1.807, 2.05) is 12.1 Å². The minimum Gasteiger partial charge on any atom is -0.494 e. The average molecular weight is 255 g/mol. The number of halogens is 2. The van der Waals surface area contributed by atoms with Gasteiger partial charge >= 0.3 is 0 Å². The molecule has 1 aromatic carbocycles. The minimum atomic E-state index is -0.285. The van der Waals surface area contributed by atoms with Crippen molar-refractivity contribution in [2.24, 2.45) is 0 Å². The van der Waals surface area contributed by atoms with Gasteiger partial charge in [-0.05, 0) is 30.9 Å². The Morgan fingerprint density at radius 1 is 1.35 bits per heavy atom. The van der Waals surface area contributed by atoms with Crippen molar-refractivity contribution in [1.29, 1.82) is 0 Å². The van der Waals surface area contributed by atoms with Gasteiger partial charge in [-0.1, -0.05) is 24.6 Å². The molecule has 0 saturated heterocycles. The van der Waals surface area contributed by atoms with E-state index in [2.05, 4.69) is 0 Å². The van der Waals surface area contributed by atoms with Crippen LogP contribution in [-0.2, 0) is 0 Å². The van der Waals surface area contributed by atoms with Gasteiger partial charge in [0.25, 0.3) is 0 Å². The molecule has 0 bridgehead atoms. The van der Waals surface area contributed by atoms with E-state index >= 15 is 0 Å². The molecule has 0 aromatic heterocycles. The van der Waals surface area contributed by atoms with Crippen LogP contribution in [0.3, 0.4) is 0 Å². The first-order chi connectivity index (χ1) is 8.22. The molecule has 1 unspecified atom stereocenters. The first kappa shape index (κ1) is 12.4. The number of alkyl halides is 1. The summed E-state index contributed by atoms with van der Waals surface area (Å²) in [6, 6.07) is 5.24. The monoisotopic (exact) mass is 254 g/mol. The largest absolute Gasteiger partial charge is 0.494 e. The summed E-state index contributed by atoms with van der Waals surface area (Å²) in [7, 11) is 1.48. The zero-order valence-corrected chi connectivity index (χ0v) is 10.6. The molecule has 0 spiro atoms. The van der Waals surface area contributed by atoms with E-state index in [9.17, 15) is 4.39 Å². The Balaban J connectivity index is 2.38. The van der Waals surface area contributed by atoms with Crippen LogP contribution in [0.1, 0.15) is 31.2 Å². The molecule has 17 heavy (non-hydrogen) atoms. The van der Waals surface area contributed by atoms with Gasteiger partial charge in [0.1, 0.15) is 0 Å². The van der Waals surface area contributed by atoms with E-state index in [0.29, 0.717) is 11.3 Å². The third-order valence-corrected chi connectivity index (χ3v) is 3.43. The summed E-state index contributed by atoms with van der Waals surface area (Å²) in [5.74, 6) is 0.00536. The van der Waals surface area contributed by atoms with Gasteiger partial charge in [0.05, 0.1) is 12.5 Å². The molecule has 0 aliphatic heterocycles. The molecule has 0 radical (unpaired) electrons. The number of methoxy groups -OCH3 is 1. The van der Waals surface area contributed by atoms with Crippen LogP contribution in [0.4, 0.5) is 4.39 Å². The smallest absolute Gasteiger partial charge is 0.172 e. The quantitative estimate of drug-likeness (QED) is 0.711. The second kappa shape index (κ2) is 5.54. The summed E-state index contributed by atoms with van der Waals surface area (Å²) in [6.45, 7) is 0. The average Bonchev–Trinajstić information content (AvgIpc) is 2.54. The number of allylic oxidation sites excluding steroid dienone is 2. The lowest BCUT2D eigenvalue weighted by molar-refractivity contribution is 0.386. The highest BCUT2D eigenvalue weighted by Gasteiger charge is 2.16. The normalized spacial score (nSPS) is 20.6. The summed E-state index contributed by atoms with van der Waals surface area (Å²) in [6.07, 6.45) is 5.99. The maximum Gasteiger partial charge on any atom is 0.172 e. The van der Waals surface area contributed by atoms with Crippen molar-refractivity contribution in [3.05, 3.63) is 35.7 Å². The maximum absolute atomic E-state index is 14.1. The van der Waals surface area contributed by atoms with Crippen molar-refractivity contribution < 1.29 is 9.13 Å². The van der Waals surface area contributed by atoms with Gasteiger partial charge in [0.15, 0.2) is 11.6 Å². The Labute approximate surface area is 106 Å². The van der Waals surface area contributed by atoms with Gasteiger partial charge < -0.3 is 4.74 Å². The highest BCUT2D eigenvalue weighted by atomic mass is 35.5. The van der Waals surface area contributed by atoms with Gasteiger partial charge in [0, 0.05) is 5.56 Å². The van der Waals surface area contributed by atoms with E-state index in [1.165, 1.54) is 7.11 Å². The summed E-state index contributed by atoms with van der Waals surface area (Å²) in [5, 5.41) is 0.0121. The molecule has 0 N–H and O–H groups in total. The molecule has 0 amide bonds. The van der Waals surface area contributed by atoms with E-state index in [4.69, 9.17) is 16.3 Å². The van der Waals surface area contributed by atoms with Crippen molar-refractivity contribution in [3.63, 3.8) is 0 Å². The van der Waals surface area contributed by atoms with Crippen LogP contribution >= 0.6 is 11.6 Å². The van der Waals surface area contributed by atoms with Crippen molar-refractivity contribution in [2.45, 2.75) is 31.1 Å². The molecule has 3 heteroatoms. The number of hydrogen-bond acceptors (Lipinski definition) is 1. The fourth-order valence-corrected chi connectivity index (χ4v) is 2.49. The predicted molar refractivity (Wildman–Crippen MR) is 69.0 cm³/mol. The topological polar surface area (TPSA) is 9.23 Å². The molecule has 1 nitrogen and oxygen atoms in total. The Kier molecular flexibility index (Phi) is 4.06. The molecule has 92 valence electrons. The number of hydrogen-bond donors (Lipinski definition) is 0. The number of ether oxygens (including phenoxy) is 1. The second-order valence-corrected chi connectivity index (χ2v) is 4.84. The third kappa shape index (κ3) is 2.81. The molecule has 1 aliphatic rings. The SMILES string of the molecule is COc1cccc(C2=CC(Cl)CCCC2)c1F. The molecule has 1 aliphatic carbocycles. The lowest BCUT2D eigenvalue weighted by Gasteiger charge is -2.10. The maximum atomic E-state index is 14.1. The van der Waals surface area contributed by atoms with Gasteiger partial charge in [-0.25, -0.2) is 4.39 Å². The summed E-state index contributed by atoms with van der Waals surface area (Å²) >= 11 is 6.16. The second-order valence-electron chi connectivity index (χ2n) is 4.28. The summed E-state index contributed by atoms with van der Waals surface area (Å²) < 4.78 is 19.1. The highest BCUT2D eigenvalue weighted by molar-refractivity contribution is 6.22. The zero-order valence-electron chi connectivity index (χ0n) is 9.88. The van der Waals surface area contributed by atoms with Crippen molar-refractivity contribution in [2.75, 3.05) is 7.11 Å². The van der Waals surface area contributed by atoms with Gasteiger partial charge in [-0.2, -0.15) is 0 Å². The molecule has 0 fully saturated rings. The van der Waals surface area contributed by atoms with E-state index in [-0.39, 0.29) is 11.2 Å². The molecule has 1 atom stereocenters. The lowest BCUT2D eigenvalue weighted by atomic mass is 10.0. The zero-order chi connectivity index (χ0) is 12.3. The van der Waals surface area contributed by atoms with Crippen molar-refractivity contribution in [1.82, 2.24) is 0 Å². The van der Waals surface area contributed by atoms with Crippen LogP contribution in [0.15, 0.2) is 24.3 Å². The van der Waals surface area contributed by atoms with Gasteiger partial charge in [0.2, 0.25) is 0 Å². The van der Waals surface area contributed by atoms with Crippen LogP contribution in [0.5, 0.6) is 5.75 Å². The van der Waals surface area contributed by atoms with Crippen LogP contribution in [0.25, 0.3) is 5.57 Å². The van der Waals surface area contributed by atoms with Crippen LogP contribution < -0.4 is 4.74 Å². The van der Waals surface area contributed by atoms with Crippen LogP contribution in [0.2, 0.25) is 0 Å². The molecular formula is C14H16ClFO. The molecule has 1 aromatic rings. The molecule has 0 saturated carbocycles. The Hall–Kier alpha value is -1.02. The molecular weight excluding hydrogens is 239 g/mol. The molecule has 0 heterocycles. The Bertz CT molecular complexity index is 428. The van der Waals surface area contributed by atoms with Crippen molar-refractivity contribution >= 4 is 17.2 Å². The van der Waals surface area contributed by atoms with Crippen LogP contribution in [-0.4, -0.2) is 12.5 Å². The Morgan fingerprint density at radius 3 is 2.94 bits per heavy atom. The number of rotatable bonds is 2. The highest BCUT2D eigenvalue weighted by Crippen LogP contribution is 2.32. The van der Waals surface area contributed by atoms with Crippen molar-refractivity contribution in [3.8, 4) is 5.75 Å². The standard InChI is InChI=1S/C14H16ClFO/c1-17-13-8-4-7-12(14(13)16)10-5-2-3-6-11(15)9-10/h4,7-9,11H,2-3,5-6H2,1H3. The van der Waals surface area contributed by atoms with Crippen LogP contribution in [0, 0.1) is 5.82 Å². The summed E-state index contributed by atoms with van der Waals surface area (Å²) in [5.41, 5.74) is 1.62. The van der Waals surface area contributed by atoms with E-state index in [1.54, 1.807) is 12.1 Å². The lowest BCUT2D eigenvalue weighted by Crippen LogP contribution is -1.96. The molecule has 2 rings (SSSR count). The fourth-order valence-electron chi connectivity index (χ4n) is 2.18. The predicted octanol–water partition coefficient (Wildman–Crippen LogP) is 4.40.